The molecule has 2 aromatic carbocycles. The Morgan fingerprint density at radius 2 is 1.84 bits per heavy atom. The lowest BCUT2D eigenvalue weighted by Crippen LogP contribution is -2.47. The molecule has 0 bridgehead atoms. The van der Waals surface area contributed by atoms with Crippen LogP contribution in [-0.4, -0.2) is 59.9 Å². The van der Waals surface area contributed by atoms with Gasteiger partial charge in [-0.05, 0) is 66.8 Å². The Morgan fingerprint density at radius 3 is 2.51 bits per heavy atom. The van der Waals surface area contributed by atoms with Crippen molar-refractivity contribution in [3.05, 3.63) is 107 Å². The molecule has 0 saturated carbocycles. The van der Waals surface area contributed by atoms with E-state index in [4.69, 9.17) is 5.73 Å². The number of halogens is 1. The first-order valence-corrected chi connectivity index (χ1v) is 13.4. The van der Waals surface area contributed by atoms with Crippen LogP contribution in [0, 0.1) is 5.82 Å². The Labute approximate surface area is 220 Å². The molecule has 1 heterocycles. The molecule has 0 radical (unpaired) electrons. The molecule has 6 heteroatoms. The summed E-state index contributed by atoms with van der Waals surface area (Å²) in [5.74, 6) is -0.105. The number of carbonyl (C=O) groups excluding carboxylic acids is 1. The van der Waals surface area contributed by atoms with Gasteiger partial charge in [0.15, 0.2) is 0 Å². The molecule has 1 atom stereocenters. The first kappa shape index (κ1) is 26.8. The maximum absolute atomic E-state index is 13.7. The molecule has 4 rings (SSSR count). The number of allylic oxidation sites excluding steroid dienone is 3. The zero-order chi connectivity index (χ0) is 26.2. The third kappa shape index (κ3) is 6.96. The van der Waals surface area contributed by atoms with Crippen LogP contribution in [0.3, 0.4) is 0 Å². The number of nitrogens with zero attached hydrogens (tertiary/aromatic N) is 3. The number of hydrogen-bond acceptors (Lipinski definition) is 4. The van der Waals surface area contributed by atoms with Gasteiger partial charge in [0, 0.05) is 57.1 Å². The minimum absolute atomic E-state index is 0.0414. The zero-order valence-electron chi connectivity index (χ0n) is 22.1. The number of amides is 1. The van der Waals surface area contributed by atoms with Crippen LogP contribution in [0.1, 0.15) is 54.2 Å². The van der Waals surface area contributed by atoms with E-state index in [1.807, 2.05) is 36.1 Å². The van der Waals surface area contributed by atoms with Gasteiger partial charge in [-0.25, -0.2) is 4.39 Å². The van der Waals surface area contributed by atoms with Gasteiger partial charge in [-0.1, -0.05) is 49.4 Å². The van der Waals surface area contributed by atoms with Gasteiger partial charge in [0.2, 0.25) is 0 Å². The molecule has 2 aliphatic rings. The second-order valence-electron chi connectivity index (χ2n) is 9.84. The summed E-state index contributed by atoms with van der Waals surface area (Å²) in [6.45, 7) is 9.90. The molecule has 37 heavy (non-hydrogen) atoms. The third-order valence-electron chi connectivity index (χ3n) is 7.15. The van der Waals surface area contributed by atoms with Crippen molar-refractivity contribution >= 4 is 5.91 Å². The topological polar surface area (TPSA) is 52.8 Å². The highest BCUT2D eigenvalue weighted by atomic mass is 19.1. The second kappa shape index (κ2) is 12.8. The quantitative estimate of drug-likeness (QED) is 0.507. The van der Waals surface area contributed by atoms with E-state index in [9.17, 15) is 9.18 Å². The van der Waals surface area contributed by atoms with E-state index in [1.165, 1.54) is 6.07 Å². The van der Waals surface area contributed by atoms with Crippen LogP contribution in [0.5, 0.6) is 0 Å². The molecular weight excluding hydrogens is 463 g/mol. The van der Waals surface area contributed by atoms with E-state index in [0.717, 1.165) is 80.1 Å². The van der Waals surface area contributed by atoms with Crippen LogP contribution < -0.4 is 5.73 Å². The number of piperazine rings is 1. The third-order valence-corrected chi connectivity index (χ3v) is 7.15. The lowest BCUT2D eigenvalue weighted by molar-refractivity contribution is 0.0764. The predicted molar refractivity (Wildman–Crippen MR) is 148 cm³/mol. The fourth-order valence-electron chi connectivity index (χ4n) is 5.23. The first-order valence-electron chi connectivity index (χ1n) is 13.4. The van der Waals surface area contributed by atoms with Crippen molar-refractivity contribution in [2.45, 2.75) is 39.3 Å². The Bertz CT molecular complexity index is 1150. The van der Waals surface area contributed by atoms with Crippen molar-refractivity contribution in [2.75, 3.05) is 39.3 Å². The van der Waals surface area contributed by atoms with Gasteiger partial charge >= 0.3 is 0 Å². The molecule has 1 unspecified atom stereocenters. The lowest BCUT2D eigenvalue weighted by atomic mass is 9.94. The fourth-order valence-corrected chi connectivity index (χ4v) is 5.23. The molecule has 196 valence electrons. The number of benzene rings is 2. The summed E-state index contributed by atoms with van der Waals surface area (Å²) in [6, 6.07) is 15.0. The molecule has 2 N–H and O–H groups in total. The van der Waals surface area contributed by atoms with Crippen molar-refractivity contribution in [1.29, 1.82) is 0 Å². The molecular formula is C31H39FN4O. The molecule has 1 amide bonds. The van der Waals surface area contributed by atoms with E-state index in [1.54, 1.807) is 12.1 Å². The number of nitrogens with two attached hydrogens (primary N) is 1. The maximum atomic E-state index is 13.7. The molecule has 1 fully saturated rings. The van der Waals surface area contributed by atoms with Crippen molar-refractivity contribution in [2.24, 2.45) is 5.73 Å². The van der Waals surface area contributed by atoms with Gasteiger partial charge in [0.05, 0.1) is 6.04 Å². The predicted octanol–water partition coefficient (Wildman–Crippen LogP) is 5.29. The molecule has 1 saturated heterocycles. The van der Waals surface area contributed by atoms with Crippen LogP contribution >= 0.6 is 0 Å². The second-order valence-corrected chi connectivity index (χ2v) is 9.84. The SMILES string of the molecule is CCCN(CC)C(=O)c1ccc(C(C2=CC(N)=CCC=C2)N2CCN(Cc3cccc(F)c3)CC2)cc1. The minimum Gasteiger partial charge on any atom is -0.399 e. The van der Waals surface area contributed by atoms with Crippen molar-refractivity contribution in [3.8, 4) is 0 Å². The fraction of sp³-hybridized carbons (Fsp3) is 0.387. The Hall–Kier alpha value is -3.22. The van der Waals surface area contributed by atoms with Crippen LogP contribution in [0.15, 0.2) is 84.1 Å². The molecule has 0 spiro atoms. The van der Waals surface area contributed by atoms with E-state index < -0.39 is 0 Å². The Balaban J connectivity index is 1.54. The molecule has 1 aliphatic carbocycles. The van der Waals surface area contributed by atoms with Crippen molar-refractivity contribution in [1.82, 2.24) is 14.7 Å². The van der Waals surface area contributed by atoms with Gasteiger partial charge < -0.3 is 10.6 Å². The van der Waals surface area contributed by atoms with Gasteiger partial charge in [0.1, 0.15) is 5.82 Å². The minimum atomic E-state index is -0.187. The van der Waals surface area contributed by atoms with Crippen LogP contribution in [-0.2, 0) is 6.54 Å². The van der Waals surface area contributed by atoms with Gasteiger partial charge in [-0.2, -0.15) is 0 Å². The van der Waals surface area contributed by atoms with Crippen LogP contribution in [0.2, 0.25) is 0 Å². The average molecular weight is 503 g/mol. The first-order chi connectivity index (χ1) is 18.0. The number of rotatable bonds is 9. The monoisotopic (exact) mass is 502 g/mol. The highest BCUT2D eigenvalue weighted by Crippen LogP contribution is 2.32. The molecule has 0 aromatic heterocycles. The summed E-state index contributed by atoms with van der Waals surface area (Å²) in [5, 5.41) is 0. The number of carbonyl (C=O) groups is 1. The normalized spacial score (nSPS) is 17.6. The summed E-state index contributed by atoms with van der Waals surface area (Å²) >= 11 is 0. The Kier molecular flexibility index (Phi) is 9.31. The van der Waals surface area contributed by atoms with Gasteiger partial charge in [-0.3, -0.25) is 14.6 Å². The maximum Gasteiger partial charge on any atom is 0.253 e. The highest BCUT2D eigenvalue weighted by molar-refractivity contribution is 5.94. The van der Waals surface area contributed by atoms with Crippen molar-refractivity contribution < 1.29 is 9.18 Å². The molecule has 2 aromatic rings. The smallest absolute Gasteiger partial charge is 0.253 e. The summed E-state index contributed by atoms with van der Waals surface area (Å²) in [7, 11) is 0. The average Bonchev–Trinajstić information content (AvgIpc) is 3.12. The largest absolute Gasteiger partial charge is 0.399 e. The van der Waals surface area contributed by atoms with Gasteiger partial charge in [0.25, 0.3) is 5.91 Å². The van der Waals surface area contributed by atoms with E-state index >= 15 is 0 Å². The highest BCUT2D eigenvalue weighted by Gasteiger charge is 2.28. The summed E-state index contributed by atoms with van der Waals surface area (Å²) in [4.78, 5) is 19.7. The molecule has 1 aliphatic heterocycles. The summed E-state index contributed by atoms with van der Waals surface area (Å²) in [5.41, 5.74) is 11.1. The standard InChI is InChI=1S/C31H39FN4O/c1-3-16-35(4-2)31(37)26-14-12-25(13-15-26)30(27-9-5-6-11-29(33)22-27)36-19-17-34(18-20-36)23-24-8-7-10-28(32)21-24/h5,7-15,21-22,30H,3-4,6,16-20,23,33H2,1-2H3. The van der Waals surface area contributed by atoms with E-state index in [0.29, 0.717) is 6.54 Å². The number of hydrogen-bond donors (Lipinski definition) is 1. The van der Waals surface area contributed by atoms with E-state index in [-0.39, 0.29) is 17.8 Å². The summed E-state index contributed by atoms with van der Waals surface area (Å²) in [6.07, 6.45) is 10.2. The summed E-state index contributed by atoms with van der Waals surface area (Å²) < 4.78 is 13.7. The van der Waals surface area contributed by atoms with Gasteiger partial charge in [-0.15, -0.1) is 0 Å². The van der Waals surface area contributed by atoms with Crippen molar-refractivity contribution in [3.63, 3.8) is 0 Å². The lowest BCUT2D eigenvalue weighted by Gasteiger charge is -2.40. The molecule has 5 nitrogen and oxygen atoms in total. The van der Waals surface area contributed by atoms with Crippen LogP contribution in [0.25, 0.3) is 0 Å². The van der Waals surface area contributed by atoms with E-state index in [2.05, 4.69) is 47.1 Å². The zero-order valence-corrected chi connectivity index (χ0v) is 22.1. The Morgan fingerprint density at radius 1 is 1.08 bits per heavy atom. The van der Waals surface area contributed by atoms with Crippen LogP contribution in [0.4, 0.5) is 4.39 Å².